The summed E-state index contributed by atoms with van der Waals surface area (Å²) in [6.07, 6.45) is 1.73. The highest BCUT2D eigenvalue weighted by Gasteiger charge is 2.15. The molecule has 0 aromatic heterocycles. The summed E-state index contributed by atoms with van der Waals surface area (Å²) in [6, 6.07) is 10.2. The van der Waals surface area contributed by atoms with Crippen molar-refractivity contribution < 1.29 is 0 Å². The molecule has 0 nitrogen and oxygen atoms in total. The molecule has 0 atom stereocenters. The molecule has 0 N–H and O–H groups in total. The first-order valence-electron chi connectivity index (χ1n) is 4.00. The molecule has 12 heavy (non-hydrogen) atoms. The molecule has 0 amide bonds. The average Bonchev–Trinajstić information content (AvgIpc) is 2.02. The normalized spacial score (nSPS) is 11.6. The number of rotatable bonds is 3. The molecule has 0 radical (unpaired) electrons. The molecular weight excluding hydrogens is 191 g/mol. The zero-order valence-electron chi connectivity index (χ0n) is 7.06. The Labute approximate surface area is 83.5 Å². The lowest BCUT2D eigenvalue weighted by Gasteiger charge is -2.12. The second kappa shape index (κ2) is 4.15. The molecule has 0 aliphatic rings. The molecular formula is C10H12Cl2. The van der Waals surface area contributed by atoms with E-state index in [-0.39, 0.29) is 0 Å². The number of hydrogen-bond acceptors (Lipinski definition) is 0. The number of alkyl halides is 2. The lowest BCUT2D eigenvalue weighted by atomic mass is 10.1. The van der Waals surface area contributed by atoms with Crippen LogP contribution in [-0.2, 0) is 6.42 Å². The van der Waals surface area contributed by atoms with Crippen molar-refractivity contribution in [1.82, 2.24) is 0 Å². The van der Waals surface area contributed by atoms with Gasteiger partial charge in [-0.15, -0.1) is 23.2 Å². The van der Waals surface area contributed by atoms with Gasteiger partial charge >= 0.3 is 0 Å². The average molecular weight is 203 g/mol. The Bertz CT molecular complexity index is 223. The first kappa shape index (κ1) is 9.88. The van der Waals surface area contributed by atoms with Gasteiger partial charge in [0.2, 0.25) is 0 Å². The molecule has 1 rings (SSSR count). The maximum atomic E-state index is 5.85. The monoisotopic (exact) mass is 202 g/mol. The van der Waals surface area contributed by atoms with Crippen molar-refractivity contribution in [3.05, 3.63) is 35.9 Å². The standard InChI is InChI=1S/C10H12Cl2/c1-10(11,12)8-7-9-5-3-2-4-6-9/h2-6H,7-8H2,1H3. The van der Waals surface area contributed by atoms with Crippen LogP contribution in [0.15, 0.2) is 30.3 Å². The van der Waals surface area contributed by atoms with Crippen LogP contribution in [0.3, 0.4) is 0 Å². The van der Waals surface area contributed by atoms with Crippen LogP contribution in [-0.4, -0.2) is 4.33 Å². The summed E-state index contributed by atoms with van der Waals surface area (Å²) in [6.45, 7) is 1.82. The highest BCUT2D eigenvalue weighted by atomic mass is 35.5. The Morgan fingerprint density at radius 2 is 1.75 bits per heavy atom. The number of aryl methyl sites for hydroxylation is 1. The molecule has 0 unspecified atom stereocenters. The lowest BCUT2D eigenvalue weighted by molar-refractivity contribution is 0.747. The van der Waals surface area contributed by atoms with Crippen LogP contribution in [0.25, 0.3) is 0 Å². The predicted octanol–water partition coefficient (Wildman–Crippen LogP) is 3.81. The van der Waals surface area contributed by atoms with Crippen LogP contribution in [0.4, 0.5) is 0 Å². The molecule has 0 saturated carbocycles. The van der Waals surface area contributed by atoms with Crippen LogP contribution in [0.1, 0.15) is 18.9 Å². The summed E-state index contributed by atoms with van der Waals surface area (Å²) in [5.41, 5.74) is 1.28. The van der Waals surface area contributed by atoms with Gasteiger partial charge in [0.1, 0.15) is 4.33 Å². The molecule has 0 bridgehead atoms. The fourth-order valence-electron chi connectivity index (χ4n) is 1.01. The minimum atomic E-state index is -0.601. The molecule has 0 saturated heterocycles. The van der Waals surface area contributed by atoms with E-state index in [1.807, 2.05) is 25.1 Å². The zero-order valence-corrected chi connectivity index (χ0v) is 8.57. The Kier molecular flexibility index (Phi) is 3.42. The van der Waals surface area contributed by atoms with E-state index in [4.69, 9.17) is 23.2 Å². The molecule has 2 heteroatoms. The van der Waals surface area contributed by atoms with E-state index in [1.165, 1.54) is 5.56 Å². The summed E-state index contributed by atoms with van der Waals surface area (Å²) in [5, 5.41) is 0. The largest absolute Gasteiger partial charge is 0.115 e. The van der Waals surface area contributed by atoms with Gasteiger partial charge in [0.15, 0.2) is 0 Å². The molecule has 0 spiro atoms. The van der Waals surface area contributed by atoms with Gasteiger partial charge in [-0.2, -0.15) is 0 Å². The third kappa shape index (κ3) is 3.99. The summed E-state index contributed by atoms with van der Waals surface area (Å²) in [7, 11) is 0. The van der Waals surface area contributed by atoms with Crippen molar-refractivity contribution in [2.24, 2.45) is 0 Å². The Hall–Kier alpha value is -0.200. The second-order valence-corrected chi connectivity index (χ2v) is 4.92. The molecule has 0 fully saturated rings. The molecule has 0 heterocycles. The van der Waals surface area contributed by atoms with Crippen molar-refractivity contribution in [1.29, 1.82) is 0 Å². The van der Waals surface area contributed by atoms with Gasteiger partial charge in [-0.3, -0.25) is 0 Å². The minimum Gasteiger partial charge on any atom is -0.102 e. The second-order valence-electron chi connectivity index (χ2n) is 3.06. The Balaban J connectivity index is 2.44. The number of hydrogen-bond donors (Lipinski definition) is 0. The fraction of sp³-hybridized carbons (Fsp3) is 0.400. The number of benzene rings is 1. The molecule has 0 aliphatic carbocycles. The third-order valence-corrected chi connectivity index (χ3v) is 2.07. The van der Waals surface area contributed by atoms with Gasteiger partial charge in [-0.1, -0.05) is 30.3 Å². The SMILES string of the molecule is CC(Cl)(Cl)CCc1ccccc1. The van der Waals surface area contributed by atoms with Gasteiger partial charge in [-0.05, 0) is 25.3 Å². The van der Waals surface area contributed by atoms with Crippen LogP contribution in [0, 0.1) is 0 Å². The van der Waals surface area contributed by atoms with E-state index in [1.54, 1.807) is 0 Å². The minimum absolute atomic E-state index is 0.601. The van der Waals surface area contributed by atoms with Crippen molar-refractivity contribution in [2.75, 3.05) is 0 Å². The predicted molar refractivity (Wildman–Crippen MR) is 54.9 cm³/mol. The first-order chi connectivity index (χ1) is 5.58. The van der Waals surface area contributed by atoms with Crippen LogP contribution in [0.2, 0.25) is 0 Å². The van der Waals surface area contributed by atoms with Gasteiger partial charge in [0, 0.05) is 0 Å². The Morgan fingerprint density at radius 3 is 2.25 bits per heavy atom. The molecule has 0 aliphatic heterocycles. The maximum absolute atomic E-state index is 5.85. The zero-order chi connectivity index (χ0) is 9.03. The molecule has 1 aromatic rings. The first-order valence-corrected chi connectivity index (χ1v) is 4.75. The quantitative estimate of drug-likeness (QED) is 0.655. The van der Waals surface area contributed by atoms with Gasteiger partial charge < -0.3 is 0 Å². The van der Waals surface area contributed by atoms with Crippen molar-refractivity contribution in [3.63, 3.8) is 0 Å². The highest BCUT2D eigenvalue weighted by Crippen LogP contribution is 2.25. The number of halogens is 2. The topological polar surface area (TPSA) is 0 Å². The summed E-state index contributed by atoms with van der Waals surface area (Å²) >= 11 is 11.7. The van der Waals surface area contributed by atoms with Crippen LogP contribution >= 0.6 is 23.2 Å². The molecule has 66 valence electrons. The van der Waals surface area contributed by atoms with Crippen molar-refractivity contribution in [2.45, 2.75) is 24.1 Å². The fourth-order valence-corrected chi connectivity index (χ4v) is 1.20. The van der Waals surface area contributed by atoms with Crippen LogP contribution in [0.5, 0.6) is 0 Å². The van der Waals surface area contributed by atoms with E-state index in [9.17, 15) is 0 Å². The van der Waals surface area contributed by atoms with Crippen molar-refractivity contribution in [3.8, 4) is 0 Å². The van der Waals surface area contributed by atoms with E-state index >= 15 is 0 Å². The lowest BCUT2D eigenvalue weighted by Crippen LogP contribution is -2.07. The van der Waals surface area contributed by atoms with E-state index in [2.05, 4.69) is 12.1 Å². The van der Waals surface area contributed by atoms with E-state index in [0.717, 1.165) is 12.8 Å². The summed E-state index contributed by atoms with van der Waals surface area (Å²) in [4.78, 5) is 0. The van der Waals surface area contributed by atoms with Crippen molar-refractivity contribution >= 4 is 23.2 Å². The van der Waals surface area contributed by atoms with Gasteiger partial charge in [0.05, 0.1) is 0 Å². The van der Waals surface area contributed by atoms with Gasteiger partial charge in [-0.25, -0.2) is 0 Å². The summed E-state index contributed by atoms with van der Waals surface area (Å²) < 4.78 is -0.601. The third-order valence-electron chi connectivity index (χ3n) is 1.70. The smallest absolute Gasteiger partial charge is 0.102 e. The Morgan fingerprint density at radius 1 is 1.17 bits per heavy atom. The molecule has 1 aromatic carbocycles. The van der Waals surface area contributed by atoms with E-state index in [0.29, 0.717) is 0 Å². The van der Waals surface area contributed by atoms with Gasteiger partial charge in [0.25, 0.3) is 0 Å². The van der Waals surface area contributed by atoms with Crippen LogP contribution < -0.4 is 0 Å². The highest BCUT2D eigenvalue weighted by molar-refractivity contribution is 6.48. The maximum Gasteiger partial charge on any atom is 0.115 e. The van der Waals surface area contributed by atoms with E-state index < -0.39 is 4.33 Å². The summed E-state index contributed by atoms with van der Waals surface area (Å²) in [5.74, 6) is 0.